The lowest BCUT2D eigenvalue weighted by Crippen LogP contribution is -2.22. The molecule has 1 unspecified atom stereocenters. The number of benzene rings is 2. The van der Waals surface area contributed by atoms with Crippen molar-refractivity contribution in [3.05, 3.63) is 59.1 Å². The molecular weight excluding hydrogens is 294 g/mol. The van der Waals surface area contributed by atoms with Crippen LogP contribution in [0.3, 0.4) is 0 Å². The van der Waals surface area contributed by atoms with Crippen molar-refractivity contribution >= 4 is 17.3 Å². The zero-order valence-electron chi connectivity index (χ0n) is 13.7. The van der Waals surface area contributed by atoms with Crippen molar-refractivity contribution in [2.45, 2.75) is 39.2 Å². The van der Waals surface area contributed by atoms with Gasteiger partial charge in [-0.2, -0.15) is 0 Å². The summed E-state index contributed by atoms with van der Waals surface area (Å²) in [6.45, 7) is 9.42. The molecular formula is C19H24ClNO. The van der Waals surface area contributed by atoms with E-state index in [1.165, 1.54) is 5.56 Å². The highest BCUT2D eigenvalue weighted by Crippen LogP contribution is 2.24. The van der Waals surface area contributed by atoms with Crippen LogP contribution in [0.1, 0.15) is 33.3 Å². The molecule has 1 atom stereocenters. The van der Waals surface area contributed by atoms with Gasteiger partial charge in [0.25, 0.3) is 0 Å². The monoisotopic (exact) mass is 317 g/mol. The zero-order chi connectivity index (χ0) is 16.2. The molecule has 2 rings (SSSR count). The molecule has 2 nitrogen and oxygen atoms in total. The second-order valence-electron chi connectivity index (χ2n) is 6.59. The number of ether oxygens (including phenoxy) is 1. The van der Waals surface area contributed by atoms with Gasteiger partial charge < -0.3 is 10.1 Å². The van der Waals surface area contributed by atoms with Crippen molar-refractivity contribution in [1.82, 2.24) is 0 Å². The lowest BCUT2D eigenvalue weighted by Gasteiger charge is -2.20. The highest BCUT2D eigenvalue weighted by molar-refractivity contribution is 6.30. The second-order valence-corrected chi connectivity index (χ2v) is 7.03. The van der Waals surface area contributed by atoms with Gasteiger partial charge in [0, 0.05) is 10.7 Å². The summed E-state index contributed by atoms with van der Waals surface area (Å²) in [5.41, 5.74) is 2.52. The molecule has 0 amide bonds. The smallest absolute Gasteiger partial charge is 0.119 e. The topological polar surface area (TPSA) is 21.3 Å². The molecule has 0 aromatic heterocycles. The molecule has 118 valence electrons. The molecule has 22 heavy (non-hydrogen) atoms. The zero-order valence-corrected chi connectivity index (χ0v) is 14.4. The van der Waals surface area contributed by atoms with Crippen LogP contribution in [0.5, 0.6) is 5.75 Å². The molecule has 3 heteroatoms. The molecule has 0 bridgehead atoms. The molecule has 0 aliphatic rings. The fourth-order valence-corrected chi connectivity index (χ4v) is 2.26. The van der Waals surface area contributed by atoms with Gasteiger partial charge in [0.1, 0.15) is 11.9 Å². The quantitative estimate of drug-likeness (QED) is 0.784. The van der Waals surface area contributed by atoms with Gasteiger partial charge in [-0.05, 0) is 54.3 Å². The first-order valence-electron chi connectivity index (χ1n) is 7.61. The Hall–Kier alpha value is -1.67. The Morgan fingerprint density at radius 1 is 1.00 bits per heavy atom. The summed E-state index contributed by atoms with van der Waals surface area (Å²) in [6, 6.07) is 16.0. The van der Waals surface area contributed by atoms with Gasteiger partial charge in [-0.25, -0.2) is 0 Å². The van der Waals surface area contributed by atoms with E-state index >= 15 is 0 Å². The highest BCUT2D eigenvalue weighted by Gasteiger charge is 2.13. The van der Waals surface area contributed by atoms with E-state index in [1.807, 2.05) is 36.4 Å². The first kappa shape index (κ1) is 16.7. The van der Waals surface area contributed by atoms with Crippen LogP contribution in [-0.4, -0.2) is 12.6 Å². The van der Waals surface area contributed by atoms with Crippen LogP contribution in [0.25, 0.3) is 0 Å². The molecule has 0 aliphatic heterocycles. The Morgan fingerprint density at radius 3 is 2.14 bits per heavy atom. The van der Waals surface area contributed by atoms with E-state index in [0.717, 1.165) is 23.0 Å². The summed E-state index contributed by atoms with van der Waals surface area (Å²) in [5.74, 6) is 0.901. The molecule has 0 fully saturated rings. The predicted octanol–water partition coefficient (Wildman–Crippen LogP) is 5.52. The van der Waals surface area contributed by atoms with Crippen molar-refractivity contribution in [2.24, 2.45) is 0 Å². The average molecular weight is 318 g/mol. The second kappa shape index (κ2) is 7.06. The van der Waals surface area contributed by atoms with E-state index in [4.69, 9.17) is 16.3 Å². The first-order chi connectivity index (χ1) is 10.3. The molecule has 2 aromatic rings. The maximum atomic E-state index is 5.94. The molecule has 0 heterocycles. The Morgan fingerprint density at radius 2 is 1.59 bits per heavy atom. The summed E-state index contributed by atoms with van der Waals surface area (Å²) in [6.07, 6.45) is 0.0798. The molecule has 0 saturated carbocycles. The van der Waals surface area contributed by atoms with E-state index in [9.17, 15) is 0 Å². The number of rotatable bonds is 5. The van der Waals surface area contributed by atoms with Crippen LogP contribution >= 0.6 is 11.6 Å². The van der Waals surface area contributed by atoms with Crippen molar-refractivity contribution in [2.75, 3.05) is 11.9 Å². The number of anilines is 1. The van der Waals surface area contributed by atoms with Gasteiger partial charge in [0.15, 0.2) is 0 Å². The van der Waals surface area contributed by atoms with Gasteiger partial charge in [0.05, 0.1) is 6.54 Å². The van der Waals surface area contributed by atoms with E-state index in [2.05, 4.69) is 45.1 Å². The summed E-state index contributed by atoms with van der Waals surface area (Å²) in [5, 5.41) is 4.09. The largest absolute Gasteiger partial charge is 0.489 e. The minimum absolute atomic E-state index is 0.0798. The molecule has 1 N–H and O–H groups in total. The Bertz CT molecular complexity index is 584. The van der Waals surface area contributed by atoms with Gasteiger partial charge in [-0.15, -0.1) is 0 Å². The minimum atomic E-state index is 0.0798. The van der Waals surface area contributed by atoms with Gasteiger partial charge in [-0.1, -0.05) is 44.5 Å². The third-order valence-corrected chi connectivity index (χ3v) is 3.75. The average Bonchev–Trinajstić information content (AvgIpc) is 2.46. The fraction of sp³-hybridized carbons (Fsp3) is 0.368. The maximum absolute atomic E-state index is 5.94. The Labute approximate surface area is 138 Å². The number of nitrogens with one attached hydrogen (secondary N) is 1. The summed E-state index contributed by atoms with van der Waals surface area (Å²) >= 11 is 5.87. The summed E-state index contributed by atoms with van der Waals surface area (Å²) in [4.78, 5) is 0. The van der Waals surface area contributed by atoms with E-state index in [1.54, 1.807) is 0 Å². The van der Waals surface area contributed by atoms with Crippen LogP contribution in [-0.2, 0) is 5.41 Å². The van der Waals surface area contributed by atoms with Crippen LogP contribution in [0.15, 0.2) is 48.5 Å². The number of hydrogen-bond donors (Lipinski definition) is 1. The number of hydrogen-bond acceptors (Lipinski definition) is 2. The first-order valence-corrected chi connectivity index (χ1v) is 7.99. The van der Waals surface area contributed by atoms with Crippen LogP contribution in [0, 0.1) is 0 Å². The third-order valence-electron chi connectivity index (χ3n) is 3.50. The van der Waals surface area contributed by atoms with Gasteiger partial charge in [0.2, 0.25) is 0 Å². The molecule has 2 aromatic carbocycles. The lowest BCUT2D eigenvalue weighted by atomic mass is 9.87. The fourth-order valence-electron chi connectivity index (χ4n) is 2.14. The maximum Gasteiger partial charge on any atom is 0.119 e. The Kier molecular flexibility index (Phi) is 5.36. The van der Waals surface area contributed by atoms with Gasteiger partial charge >= 0.3 is 0 Å². The predicted molar refractivity (Wildman–Crippen MR) is 95.2 cm³/mol. The lowest BCUT2D eigenvalue weighted by molar-refractivity contribution is 0.234. The molecule has 0 spiro atoms. The third kappa shape index (κ3) is 4.96. The van der Waals surface area contributed by atoms with Crippen molar-refractivity contribution in [3.63, 3.8) is 0 Å². The van der Waals surface area contributed by atoms with Crippen LogP contribution < -0.4 is 10.1 Å². The van der Waals surface area contributed by atoms with Crippen LogP contribution in [0.2, 0.25) is 5.02 Å². The minimum Gasteiger partial charge on any atom is -0.489 e. The SMILES string of the molecule is CC(CNc1ccc(Cl)cc1)Oc1ccc(C(C)(C)C)cc1. The van der Waals surface area contributed by atoms with E-state index < -0.39 is 0 Å². The molecule has 0 radical (unpaired) electrons. The van der Waals surface area contributed by atoms with Crippen molar-refractivity contribution in [1.29, 1.82) is 0 Å². The van der Waals surface area contributed by atoms with Crippen molar-refractivity contribution < 1.29 is 4.74 Å². The standard InChI is InChI=1S/C19H24ClNO/c1-14(13-21-17-9-7-16(20)8-10-17)22-18-11-5-15(6-12-18)19(2,3)4/h5-12,14,21H,13H2,1-4H3. The van der Waals surface area contributed by atoms with Gasteiger partial charge in [-0.3, -0.25) is 0 Å². The summed E-state index contributed by atoms with van der Waals surface area (Å²) in [7, 11) is 0. The summed E-state index contributed by atoms with van der Waals surface area (Å²) < 4.78 is 5.94. The highest BCUT2D eigenvalue weighted by atomic mass is 35.5. The number of halogens is 1. The van der Waals surface area contributed by atoms with E-state index in [0.29, 0.717) is 0 Å². The van der Waals surface area contributed by atoms with Crippen LogP contribution in [0.4, 0.5) is 5.69 Å². The normalized spacial score (nSPS) is 12.8. The van der Waals surface area contributed by atoms with E-state index in [-0.39, 0.29) is 11.5 Å². The molecule has 0 aliphatic carbocycles. The Balaban J connectivity index is 1.86. The van der Waals surface area contributed by atoms with Crippen molar-refractivity contribution in [3.8, 4) is 5.75 Å². The molecule has 0 saturated heterocycles.